The fourth-order valence-electron chi connectivity index (χ4n) is 4.66. The number of piperidine rings is 1. The minimum Gasteiger partial charge on any atom is -0.497 e. The van der Waals surface area contributed by atoms with Gasteiger partial charge in [0.25, 0.3) is 0 Å². The topological polar surface area (TPSA) is 12.5 Å². The van der Waals surface area contributed by atoms with E-state index >= 15 is 0 Å². The maximum atomic E-state index is 5.41. The van der Waals surface area contributed by atoms with E-state index in [0.29, 0.717) is 6.04 Å². The molecule has 3 atom stereocenters. The molecular weight excluding hydrogens is 294 g/mol. The number of ether oxygens (including phenoxy) is 1. The standard InChI is InChI=1S/C22H27NO/c1-16-12-22-19(15-23(16)14-17-6-4-3-5-7-17)9-8-18-13-20(24-2)10-11-21(18)22/h3-7,10-11,13,16,19,22H,8-9,12,14-15H2,1-2H3/t16-,19?,22-/m1/s1. The Balaban J connectivity index is 1.52. The molecule has 2 aromatic carbocycles. The van der Waals surface area contributed by atoms with Gasteiger partial charge in [-0.3, -0.25) is 4.90 Å². The van der Waals surface area contributed by atoms with Gasteiger partial charge in [0.1, 0.15) is 5.75 Å². The van der Waals surface area contributed by atoms with E-state index < -0.39 is 0 Å². The number of hydrogen-bond acceptors (Lipinski definition) is 2. The second-order valence-electron chi connectivity index (χ2n) is 7.47. The van der Waals surface area contributed by atoms with Gasteiger partial charge in [0.2, 0.25) is 0 Å². The third kappa shape index (κ3) is 2.95. The first-order chi connectivity index (χ1) is 11.7. The Morgan fingerprint density at radius 2 is 1.96 bits per heavy atom. The van der Waals surface area contributed by atoms with Crippen LogP contribution in [0.5, 0.6) is 5.75 Å². The summed E-state index contributed by atoms with van der Waals surface area (Å²) in [5, 5.41) is 0. The largest absolute Gasteiger partial charge is 0.497 e. The Bertz CT molecular complexity index is 696. The van der Waals surface area contributed by atoms with Crippen molar-refractivity contribution >= 4 is 0 Å². The third-order valence-corrected chi connectivity index (χ3v) is 6.02. The van der Waals surface area contributed by atoms with E-state index in [1.165, 1.54) is 36.9 Å². The average molecular weight is 321 g/mol. The zero-order chi connectivity index (χ0) is 16.5. The molecule has 0 bridgehead atoms. The van der Waals surface area contributed by atoms with Crippen LogP contribution in [-0.2, 0) is 13.0 Å². The summed E-state index contributed by atoms with van der Waals surface area (Å²) in [4.78, 5) is 2.69. The lowest BCUT2D eigenvalue weighted by Crippen LogP contribution is -2.46. The fourth-order valence-corrected chi connectivity index (χ4v) is 4.66. The van der Waals surface area contributed by atoms with E-state index in [9.17, 15) is 0 Å². The Morgan fingerprint density at radius 3 is 2.75 bits per heavy atom. The first kappa shape index (κ1) is 15.7. The summed E-state index contributed by atoms with van der Waals surface area (Å²) in [6.45, 7) is 4.71. The monoisotopic (exact) mass is 321 g/mol. The summed E-state index contributed by atoms with van der Waals surface area (Å²) >= 11 is 0. The van der Waals surface area contributed by atoms with Gasteiger partial charge in [-0.05, 0) is 66.8 Å². The van der Waals surface area contributed by atoms with Gasteiger partial charge in [-0.2, -0.15) is 0 Å². The van der Waals surface area contributed by atoms with Gasteiger partial charge in [-0.1, -0.05) is 36.4 Å². The molecule has 0 aromatic heterocycles. The number of likely N-dealkylation sites (tertiary alicyclic amines) is 1. The van der Waals surface area contributed by atoms with Gasteiger partial charge in [-0.15, -0.1) is 0 Å². The molecule has 0 N–H and O–H groups in total. The van der Waals surface area contributed by atoms with Crippen LogP contribution in [0.25, 0.3) is 0 Å². The van der Waals surface area contributed by atoms with Gasteiger partial charge in [0.15, 0.2) is 0 Å². The SMILES string of the molecule is COc1ccc2c(c1)CCC1CN(Cc3ccccc3)[C@H](C)C[C@@H]21. The van der Waals surface area contributed by atoms with Crippen LogP contribution in [0.3, 0.4) is 0 Å². The zero-order valence-corrected chi connectivity index (χ0v) is 14.7. The van der Waals surface area contributed by atoms with Crippen LogP contribution in [0.15, 0.2) is 48.5 Å². The quantitative estimate of drug-likeness (QED) is 0.817. The molecule has 0 saturated carbocycles. The lowest BCUT2D eigenvalue weighted by molar-refractivity contribution is 0.0839. The number of fused-ring (bicyclic) bond motifs is 3. The van der Waals surface area contributed by atoms with Gasteiger partial charge in [0.05, 0.1) is 7.11 Å². The highest BCUT2D eigenvalue weighted by Crippen LogP contribution is 2.44. The molecule has 2 nitrogen and oxygen atoms in total. The second-order valence-corrected chi connectivity index (χ2v) is 7.47. The lowest BCUT2D eigenvalue weighted by Gasteiger charge is -2.46. The van der Waals surface area contributed by atoms with Crippen molar-refractivity contribution in [3.8, 4) is 5.75 Å². The van der Waals surface area contributed by atoms with Crippen molar-refractivity contribution in [2.24, 2.45) is 5.92 Å². The summed E-state index contributed by atoms with van der Waals surface area (Å²) < 4.78 is 5.41. The molecule has 2 aromatic rings. The summed E-state index contributed by atoms with van der Waals surface area (Å²) in [5.74, 6) is 2.52. The van der Waals surface area contributed by atoms with Crippen LogP contribution in [0.4, 0.5) is 0 Å². The van der Waals surface area contributed by atoms with E-state index in [1.54, 1.807) is 12.7 Å². The van der Waals surface area contributed by atoms with E-state index in [2.05, 4.69) is 60.4 Å². The lowest BCUT2D eigenvalue weighted by atomic mass is 9.70. The molecular formula is C22H27NO. The minimum absolute atomic E-state index is 0.638. The number of benzene rings is 2. The van der Waals surface area contributed by atoms with Crippen molar-refractivity contribution in [1.82, 2.24) is 4.90 Å². The molecule has 0 radical (unpaired) electrons. The highest BCUT2D eigenvalue weighted by molar-refractivity contribution is 5.40. The molecule has 2 aliphatic rings. The predicted octanol–water partition coefficient (Wildman–Crippen LogP) is 4.64. The molecule has 1 unspecified atom stereocenters. The smallest absolute Gasteiger partial charge is 0.119 e. The third-order valence-electron chi connectivity index (χ3n) is 6.02. The van der Waals surface area contributed by atoms with Gasteiger partial charge < -0.3 is 4.74 Å². The number of methoxy groups -OCH3 is 1. The normalized spacial score (nSPS) is 26.5. The van der Waals surface area contributed by atoms with Gasteiger partial charge in [0, 0.05) is 19.1 Å². The summed E-state index contributed by atoms with van der Waals surface area (Å²) in [6, 6.07) is 18.3. The van der Waals surface area contributed by atoms with Crippen molar-refractivity contribution < 1.29 is 4.74 Å². The highest BCUT2D eigenvalue weighted by atomic mass is 16.5. The Labute approximate surface area is 145 Å². The van der Waals surface area contributed by atoms with Crippen molar-refractivity contribution in [2.45, 2.75) is 44.7 Å². The highest BCUT2D eigenvalue weighted by Gasteiger charge is 2.37. The molecule has 24 heavy (non-hydrogen) atoms. The maximum absolute atomic E-state index is 5.41. The number of nitrogens with zero attached hydrogens (tertiary/aromatic N) is 1. The van der Waals surface area contributed by atoms with Crippen LogP contribution in [0.2, 0.25) is 0 Å². The van der Waals surface area contributed by atoms with Crippen LogP contribution in [0, 0.1) is 5.92 Å². The second kappa shape index (κ2) is 6.60. The van der Waals surface area contributed by atoms with Crippen molar-refractivity contribution in [3.63, 3.8) is 0 Å². The fraction of sp³-hybridized carbons (Fsp3) is 0.455. The average Bonchev–Trinajstić information content (AvgIpc) is 2.63. The zero-order valence-electron chi connectivity index (χ0n) is 14.7. The van der Waals surface area contributed by atoms with Crippen molar-refractivity contribution in [1.29, 1.82) is 0 Å². The van der Waals surface area contributed by atoms with Crippen molar-refractivity contribution in [3.05, 3.63) is 65.2 Å². The number of rotatable bonds is 3. The first-order valence-electron chi connectivity index (χ1n) is 9.19. The number of hydrogen-bond donors (Lipinski definition) is 0. The molecule has 0 spiro atoms. The van der Waals surface area contributed by atoms with E-state index in [4.69, 9.17) is 4.74 Å². The Hall–Kier alpha value is -1.80. The van der Waals surface area contributed by atoms with E-state index in [0.717, 1.165) is 24.1 Å². The van der Waals surface area contributed by atoms with Gasteiger partial charge >= 0.3 is 0 Å². The summed E-state index contributed by atoms with van der Waals surface area (Å²) in [5.41, 5.74) is 4.53. The van der Waals surface area contributed by atoms with Crippen molar-refractivity contribution in [2.75, 3.05) is 13.7 Å². The minimum atomic E-state index is 0.638. The molecule has 126 valence electrons. The predicted molar refractivity (Wildman–Crippen MR) is 98.5 cm³/mol. The molecule has 1 aliphatic heterocycles. The molecule has 0 amide bonds. The molecule has 4 rings (SSSR count). The molecule has 1 saturated heterocycles. The Morgan fingerprint density at radius 1 is 1.12 bits per heavy atom. The Kier molecular flexibility index (Phi) is 4.32. The van der Waals surface area contributed by atoms with Crippen LogP contribution in [-0.4, -0.2) is 24.6 Å². The number of aryl methyl sites for hydroxylation is 1. The molecule has 1 heterocycles. The van der Waals surface area contributed by atoms with Gasteiger partial charge in [-0.25, -0.2) is 0 Å². The molecule has 1 fully saturated rings. The maximum Gasteiger partial charge on any atom is 0.119 e. The summed E-state index contributed by atoms with van der Waals surface area (Å²) in [7, 11) is 1.76. The van der Waals surface area contributed by atoms with Crippen LogP contribution in [0.1, 0.15) is 42.4 Å². The molecule has 2 heteroatoms. The summed E-state index contributed by atoms with van der Waals surface area (Å²) in [6.07, 6.45) is 3.78. The first-order valence-corrected chi connectivity index (χ1v) is 9.19. The molecule has 1 aliphatic carbocycles. The van der Waals surface area contributed by atoms with Crippen LogP contribution < -0.4 is 4.74 Å². The van der Waals surface area contributed by atoms with E-state index in [-0.39, 0.29) is 0 Å². The van der Waals surface area contributed by atoms with Crippen LogP contribution >= 0.6 is 0 Å². The van der Waals surface area contributed by atoms with E-state index in [1.807, 2.05) is 0 Å².